The molecule has 0 amide bonds. The lowest BCUT2D eigenvalue weighted by molar-refractivity contribution is 0.454. The first kappa shape index (κ1) is 20.4. The van der Waals surface area contributed by atoms with Crippen LogP contribution in [0.15, 0.2) is 84.9 Å². The third-order valence-electron chi connectivity index (χ3n) is 5.53. The molecule has 0 bridgehead atoms. The fourth-order valence-corrected chi connectivity index (χ4v) is 3.80. The lowest BCUT2D eigenvalue weighted by Crippen LogP contribution is -1.97. The fourth-order valence-electron chi connectivity index (χ4n) is 3.80. The van der Waals surface area contributed by atoms with Crippen LogP contribution in [0.3, 0.4) is 0 Å². The average molecular weight is 412 g/mol. The predicted octanol–water partition coefficient (Wildman–Crippen LogP) is 5.28. The summed E-state index contributed by atoms with van der Waals surface area (Å²) < 4.78 is 0. The molecule has 156 valence electrons. The molecule has 0 saturated carbocycles. The molecule has 0 aliphatic carbocycles. The molecule has 0 spiro atoms. The van der Waals surface area contributed by atoms with Gasteiger partial charge < -0.3 is 20.4 Å². The van der Waals surface area contributed by atoms with Crippen molar-refractivity contribution in [2.75, 3.05) is 0 Å². The minimum Gasteiger partial charge on any atom is -0.508 e. The largest absolute Gasteiger partial charge is 0.508 e. The topological polar surface area (TPSA) is 80.9 Å². The van der Waals surface area contributed by atoms with Crippen LogP contribution in [0.5, 0.6) is 23.0 Å². The zero-order valence-electron chi connectivity index (χ0n) is 17.0. The number of benzene rings is 4. The third-order valence-corrected chi connectivity index (χ3v) is 5.53. The van der Waals surface area contributed by atoms with Crippen LogP contribution in [0, 0.1) is 0 Å². The van der Waals surface area contributed by atoms with Gasteiger partial charge in [0.2, 0.25) is 0 Å². The number of hydrogen-bond acceptors (Lipinski definition) is 4. The number of phenols is 4. The molecule has 31 heavy (non-hydrogen) atoms. The van der Waals surface area contributed by atoms with Gasteiger partial charge in [-0.05, 0) is 45.5 Å². The van der Waals surface area contributed by atoms with E-state index < -0.39 is 0 Å². The minimum absolute atomic E-state index is 0.163. The van der Waals surface area contributed by atoms with Gasteiger partial charge in [0.25, 0.3) is 0 Å². The summed E-state index contributed by atoms with van der Waals surface area (Å²) >= 11 is 0. The van der Waals surface area contributed by atoms with Gasteiger partial charge >= 0.3 is 0 Å². The van der Waals surface area contributed by atoms with Crippen LogP contribution >= 0.6 is 0 Å². The molecule has 0 radical (unpaired) electrons. The highest BCUT2D eigenvalue weighted by Gasteiger charge is 2.14. The van der Waals surface area contributed by atoms with Crippen molar-refractivity contribution in [3.8, 4) is 23.0 Å². The Bertz CT molecular complexity index is 1120. The summed E-state index contributed by atoms with van der Waals surface area (Å²) in [5, 5.41) is 41.8. The molecule has 0 fully saturated rings. The number of aromatic hydroxyl groups is 4. The average Bonchev–Trinajstić information content (AvgIpc) is 2.76. The zero-order chi connectivity index (χ0) is 21.8. The normalized spacial score (nSPS) is 10.8. The third kappa shape index (κ3) is 4.48. The van der Waals surface area contributed by atoms with Crippen molar-refractivity contribution in [2.45, 2.75) is 19.3 Å². The molecule has 4 aromatic carbocycles. The second-order valence-electron chi connectivity index (χ2n) is 7.64. The maximum Gasteiger partial charge on any atom is 0.122 e. The summed E-state index contributed by atoms with van der Waals surface area (Å²) in [4.78, 5) is 0. The predicted molar refractivity (Wildman–Crippen MR) is 121 cm³/mol. The van der Waals surface area contributed by atoms with Gasteiger partial charge in [-0.2, -0.15) is 0 Å². The summed E-state index contributed by atoms with van der Waals surface area (Å²) in [6.07, 6.45) is 1.18. The molecule has 0 aliphatic heterocycles. The molecule has 0 aliphatic rings. The Morgan fingerprint density at radius 2 is 0.645 bits per heavy atom. The van der Waals surface area contributed by atoms with Gasteiger partial charge in [-0.3, -0.25) is 0 Å². The first-order valence-corrected chi connectivity index (χ1v) is 10.2. The van der Waals surface area contributed by atoms with Gasteiger partial charge in [0.05, 0.1) is 0 Å². The first-order chi connectivity index (χ1) is 15.0. The fraction of sp³-hybridized carbons (Fsp3) is 0.111. The van der Waals surface area contributed by atoms with Gasteiger partial charge in [-0.15, -0.1) is 0 Å². The van der Waals surface area contributed by atoms with Gasteiger partial charge in [0.1, 0.15) is 23.0 Å². The maximum absolute atomic E-state index is 10.8. The van der Waals surface area contributed by atoms with E-state index in [1.165, 1.54) is 0 Å². The number of rotatable bonds is 6. The van der Waals surface area contributed by atoms with Gasteiger partial charge in [0.15, 0.2) is 0 Å². The Kier molecular flexibility index (Phi) is 5.80. The molecule has 4 nitrogen and oxygen atoms in total. The number of hydrogen-bond donors (Lipinski definition) is 4. The Morgan fingerprint density at radius 3 is 1.00 bits per heavy atom. The van der Waals surface area contributed by atoms with Crippen molar-refractivity contribution in [1.29, 1.82) is 0 Å². The molecule has 0 atom stereocenters. The van der Waals surface area contributed by atoms with Gasteiger partial charge in [-0.1, -0.05) is 72.8 Å². The van der Waals surface area contributed by atoms with E-state index in [2.05, 4.69) is 0 Å². The van der Waals surface area contributed by atoms with Crippen LogP contribution in [-0.2, 0) is 19.3 Å². The Morgan fingerprint density at radius 1 is 0.355 bits per heavy atom. The summed E-state index contributed by atoms with van der Waals surface area (Å²) in [6.45, 7) is 0. The second-order valence-corrected chi connectivity index (χ2v) is 7.64. The van der Waals surface area contributed by atoms with Crippen LogP contribution in [-0.4, -0.2) is 20.4 Å². The van der Waals surface area contributed by atoms with Crippen molar-refractivity contribution in [2.24, 2.45) is 0 Å². The summed E-state index contributed by atoms with van der Waals surface area (Å²) in [5.74, 6) is 0.719. The first-order valence-electron chi connectivity index (χ1n) is 10.2. The number of para-hydroxylation sites is 4. The molecule has 4 N–H and O–H groups in total. The summed E-state index contributed by atoms with van der Waals surface area (Å²) in [6, 6.07) is 25.2. The highest BCUT2D eigenvalue weighted by molar-refractivity contribution is 5.51. The summed E-state index contributed by atoms with van der Waals surface area (Å²) in [5.41, 5.74) is 4.29. The Balaban J connectivity index is 1.60. The van der Waals surface area contributed by atoms with Crippen molar-refractivity contribution in [1.82, 2.24) is 0 Å². The van der Waals surface area contributed by atoms with Gasteiger partial charge in [0, 0.05) is 19.3 Å². The van der Waals surface area contributed by atoms with Crippen LogP contribution in [0.1, 0.15) is 33.4 Å². The molecule has 0 unspecified atom stereocenters. The van der Waals surface area contributed by atoms with Crippen molar-refractivity contribution in [3.63, 3.8) is 0 Å². The molecule has 4 heteroatoms. The van der Waals surface area contributed by atoms with E-state index in [-0.39, 0.29) is 23.0 Å². The van der Waals surface area contributed by atoms with Crippen LogP contribution in [0.2, 0.25) is 0 Å². The van der Waals surface area contributed by atoms with Crippen molar-refractivity contribution in [3.05, 3.63) is 118 Å². The van der Waals surface area contributed by atoms with Crippen molar-refractivity contribution < 1.29 is 20.4 Å². The lowest BCUT2D eigenvalue weighted by atomic mass is 9.94. The lowest BCUT2D eigenvalue weighted by Gasteiger charge is -2.14. The summed E-state index contributed by atoms with van der Waals surface area (Å²) in [7, 11) is 0. The standard InChI is InChI=1S/C27H24O4/c28-24-13-3-1-7-18(24)15-20-9-5-11-22(26(20)30)17-23-12-6-10-21(27(23)31)16-19-8-2-4-14-25(19)29/h1-14,28-31H,15-17H2. The molecule has 4 aromatic rings. The van der Waals surface area contributed by atoms with Crippen LogP contribution in [0.4, 0.5) is 0 Å². The molecule has 0 saturated heterocycles. The molecular weight excluding hydrogens is 388 g/mol. The Labute approximate surface area is 181 Å². The SMILES string of the molecule is Oc1ccccc1Cc1cccc(Cc2cccc(Cc3ccccc3O)c2O)c1O. The van der Waals surface area contributed by atoms with E-state index in [4.69, 9.17) is 0 Å². The zero-order valence-corrected chi connectivity index (χ0v) is 17.0. The minimum atomic E-state index is 0.163. The van der Waals surface area contributed by atoms with Gasteiger partial charge in [-0.25, -0.2) is 0 Å². The van der Waals surface area contributed by atoms with E-state index >= 15 is 0 Å². The van der Waals surface area contributed by atoms with E-state index in [9.17, 15) is 20.4 Å². The highest BCUT2D eigenvalue weighted by atomic mass is 16.3. The molecule has 4 rings (SSSR count). The van der Waals surface area contributed by atoms with Crippen LogP contribution < -0.4 is 0 Å². The monoisotopic (exact) mass is 412 g/mol. The van der Waals surface area contributed by atoms with E-state index in [1.54, 1.807) is 24.3 Å². The molecular formula is C27H24O4. The quantitative estimate of drug-likeness (QED) is 0.347. The second kappa shape index (κ2) is 8.84. The van der Waals surface area contributed by atoms with Crippen LogP contribution in [0.25, 0.3) is 0 Å². The number of phenolic OH excluding ortho intramolecular Hbond substituents is 4. The Hall–Kier alpha value is -3.92. The highest BCUT2D eigenvalue weighted by Crippen LogP contribution is 2.33. The molecule has 0 aromatic heterocycles. The van der Waals surface area contributed by atoms with E-state index in [0.717, 1.165) is 11.1 Å². The van der Waals surface area contributed by atoms with E-state index in [0.29, 0.717) is 41.5 Å². The maximum atomic E-state index is 10.8. The van der Waals surface area contributed by atoms with E-state index in [1.807, 2.05) is 60.7 Å². The smallest absolute Gasteiger partial charge is 0.122 e. The molecule has 0 heterocycles. The van der Waals surface area contributed by atoms with Crippen molar-refractivity contribution >= 4 is 0 Å².